The second-order valence-corrected chi connectivity index (χ2v) is 3.30. The summed E-state index contributed by atoms with van der Waals surface area (Å²) in [7, 11) is 0. The Morgan fingerprint density at radius 1 is 1.54 bits per heavy atom. The summed E-state index contributed by atoms with van der Waals surface area (Å²) in [6, 6.07) is 3.62. The Kier molecular flexibility index (Phi) is 3.64. The van der Waals surface area contributed by atoms with Crippen LogP contribution < -0.4 is 5.32 Å². The smallest absolute Gasteiger partial charge is 0.148 e. The summed E-state index contributed by atoms with van der Waals surface area (Å²) < 4.78 is 0. The van der Waals surface area contributed by atoms with Gasteiger partial charge < -0.3 is 10.4 Å². The first-order valence-corrected chi connectivity index (χ1v) is 4.40. The number of hydrogen-bond donors (Lipinski definition) is 2. The molecular weight excluding hydrogens is 166 g/mol. The van der Waals surface area contributed by atoms with E-state index >= 15 is 0 Å². The Hall–Kier alpha value is -1.16. The molecule has 0 amide bonds. The fourth-order valence-electron chi connectivity index (χ4n) is 0.841. The predicted octanol–water partition coefficient (Wildman–Crippen LogP) is 0.905. The lowest BCUT2D eigenvalue weighted by molar-refractivity contribution is 0.138. The molecule has 2 N–H and O–H groups in total. The standard InChI is InChI=1S/C9H15N3O/c1-7(2)8(13)6-10-9-4-3-5-11-12-9/h3-5,7-8,13H,6H2,1-2H3,(H,10,12). The van der Waals surface area contributed by atoms with Crippen molar-refractivity contribution < 1.29 is 5.11 Å². The van der Waals surface area contributed by atoms with E-state index in [0.717, 1.165) is 0 Å². The Morgan fingerprint density at radius 2 is 2.31 bits per heavy atom. The van der Waals surface area contributed by atoms with E-state index in [4.69, 9.17) is 0 Å². The molecule has 0 aliphatic rings. The first-order valence-electron chi connectivity index (χ1n) is 4.40. The van der Waals surface area contributed by atoms with Crippen molar-refractivity contribution in [1.82, 2.24) is 10.2 Å². The van der Waals surface area contributed by atoms with Gasteiger partial charge in [-0.25, -0.2) is 0 Å². The molecule has 0 radical (unpaired) electrons. The second kappa shape index (κ2) is 4.77. The fraction of sp³-hybridized carbons (Fsp3) is 0.556. The highest BCUT2D eigenvalue weighted by atomic mass is 16.3. The molecule has 13 heavy (non-hydrogen) atoms. The molecule has 4 nitrogen and oxygen atoms in total. The van der Waals surface area contributed by atoms with Crippen LogP contribution in [0, 0.1) is 5.92 Å². The average molecular weight is 181 g/mol. The van der Waals surface area contributed by atoms with Gasteiger partial charge in [-0.1, -0.05) is 13.8 Å². The van der Waals surface area contributed by atoms with E-state index < -0.39 is 0 Å². The fourth-order valence-corrected chi connectivity index (χ4v) is 0.841. The highest BCUT2D eigenvalue weighted by Gasteiger charge is 2.08. The van der Waals surface area contributed by atoms with E-state index in [1.54, 1.807) is 12.3 Å². The lowest BCUT2D eigenvalue weighted by Gasteiger charge is -2.14. The third kappa shape index (κ3) is 3.38. The molecule has 1 rings (SSSR count). The van der Waals surface area contributed by atoms with Crippen molar-refractivity contribution >= 4 is 5.82 Å². The van der Waals surface area contributed by atoms with Gasteiger partial charge in [0.25, 0.3) is 0 Å². The van der Waals surface area contributed by atoms with E-state index in [1.807, 2.05) is 19.9 Å². The molecule has 1 heterocycles. The third-order valence-corrected chi connectivity index (χ3v) is 1.83. The van der Waals surface area contributed by atoms with Crippen molar-refractivity contribution in [3.05, 3.63) is 18.3 Å². The zero-order valence-corrected chi connectivity index (χ0v) is 7.94. The van der Waals surface area contributed by atoms with Crippen molar-refractivity contribution in [3.8, 4) is 0 Å². The van der Waals surface area contributed by atoms with Crippen LogP contribution in [0.15, 0.2) is 18.3 Å². The number of nitrogens with one attached hydrogen (secondary N) is 1. The van der Waals surface area contributed by atoms with E-state index in [2.05, 4.69) is 15.5 Å². The largest absolute Gasteiger partial charge is 0.391 e. The SMILES string of the molecule is CC(C)C(O)CNc1cccnn1. The number of nitrogens with zero attached hydrogens (tertiary/aromatic N) is 2. The lowest BCUT2D eigenvalue weighted by atomic mass is 10.1. The molecule has 1 aromatic rings. The quantitative estimate of drug-likeness (QED) is 0.724. The van der Waals surface area contributed by atoms with Crippen LogP contribution in [-0.2, 0) is 0 Å². The lowest BCUT2D eigenvalue weighted by Crippen LogP contribution is -2.25. The number of rotatable bonds is 4. The summed E-state index contributed by atoms with van der Waals surface area (Å²) in [5.41, 5.74) is 0. The van der Waals surface area contributed by atoms with Gasteiger partial charge in [-0.3, -0.25) is 0 Å². The number of aliphatic hydroxyl groups excluding tert-OH is 1. The topological polar surface area (TPSA) is 58.0 Å². The predicted molar refractivity (Wildman–Crippen MR) is 51.4 cm³/mol. The Balaban J connectivity index is 2.35. The minimum Gasteiger partial charge on any atom is -0.391 e. The van der Waals surface area contributed by atoms with Gasteiger partial charge in [-0.05, 0) is 18.1 Å². The molecule has 0 saturated heterocycles. The van der Waals surface area contributed by atoms with Crippen molar-refractivity contribution in [3.63, 3.8) is 0 Å². The molecular formula is C9H15N3O. The van der Waals surface area contributed by atoms with Crippen LogP contribution in [0.4, 0.5) is 5.82 Å². The third-order valence-electron chi connectivity index (χ3n) is 1.83. The normalized spacial score (nSPS) is 12.9. The first kappa shape index (κ1) is 9.92. The zero-order chi connectivity index (χ0) is 9.68. The van der Waals surface area contributed by atoms with Gasteiger partial charge in [0.2, 0.25) is 0 Å². The number of aromatic nitrogens is 2. The second-order valence-electron chi connectivity index (χ2n) is 3.30. The zero-order valence-electron chi connectivity index (χ0n) is 7.94. The Labute approximate surface area is 78.0 Å². The molecule has 0 aromatic carbocycles. The van der Waals surface area contributed by atoms with E-state index in [-0.39, 0.29) is 12.0 Å². The Bertz CT molecular complexity index is 238. The molecule has 1 unspecified atom stereocenters. The molecule has 0 spiro atoms. The van der Waals surface area contributed by atoms with Crippen LogP contribution in [-0.4, -0.2) is 28.0 Å². The van der Waals surface area contributed by atoms with Crippen LogP contribution >= 0.6 is 0 Å². The maximum atomic E-state index is 9.48. The molecule has 0 fully saturated rings. The minimum atomic E-state index is -0.345. The van der Waals surface area contributed by atoms with Crippen molar-refractivity contribution in [2.75, 3.05) is 11.9 Å². The van der Waals surface area contributed by atoms with Crippen LogP contribution in [0.25, 0.3) is 0 Å². The van der Waals surface area contributed by atoms with Gasteiger partial charge in [0, 0.05) is 12.7 Å². The maximum Gasteiger partial charge on any atom is 0.148 e. The van der Waals surface area contributed by atoms with Gasteiger partial charge in [-0.2, -0.15) is 5.10 Å². The molecule has 4 heteroatoms. The molecule has 1 aromatic heterocycles. The van der Waals surface area contributed by atoms with Gasteiger partial charge in [0.1, 0.15) is 5.82 Å². The van der Waals surface area contributed by atoms with E-state index in [1.165, 1.54) is 0 Å². The summed E-state index contributed by atoms with van der Waals surface area (Å²) in [6.45, 7) is 4.46. The summed E-state index contributed by atoms with van der Waals surface area (Å²) in [4.78, 5) is 0. The summed E-state index contributed by atoms with van der Waals surface area (Å²) in [5, 5.41) is 20.0. The summed E-state index contributed by atoms with van der Waals surface area (Å²) in [6.07, 6.45) is 1.27. The summed E-state index contributed by atoms with van der Waals surface area (Å²) >= 11 is 0. The first-order chi connectivity index (χ1) is 6.20. The maximum absolute atomic E-state index is 9.48. The molecule has 0 bridgehead atoms. The highest BCUT2D eigenvalue weighted by molar-refractivity contribution is 5.31. The van der Waals surface area contributed by atoms with Crippen LogP contribution in [0.5, 0.6) is 0 Å². The molecule has 72 valence electrons. The molecule has 0 aliphatic heterocycles. The monoisotopic (exact) mass is 181 g/mol. The number of hydrogen-bond acceptors (Lipinski definition) is 4. The van der Waals surface area contributed by atoms with Gasteiger partial charge in [-0.15, -0.1) is 5.10 Å². The van der Waals surface area contributed by atoms with Crippen molar-refractivity contribution in [2.24, 2.45) is 5.92 Å². The van der Waals surface area contributed by atoms with Crippen molar-refractivity contribution in [1.29, 1.82) is 0 Å². The molecule has 0 aliphatic carbocycles. The van der Waals surface area contributed by atoms with E-state index in [9.17, 15) is 5.11 Å². The minimum absolute atomic E-state index is 0.254. The van der Waals surface area contributed by atoms with Crippen molar-refractivity contribution in [2.45, 2.75) is 20.0 Å². The highest BCUT2D eigenvalue weighted by Crippen LogP contribution is 2.03. The van der Waals surface area contributed by atoms with Gasteiger partial charge in [0.15, 0.2) is 0 Å². The van der Waals surface area contributed by atoms with Gasteiger partial charge in [0.05, 0.1) is 6.10 Å². The van der Waals surface area contributed by atoms with Gasteiger partial charge >= 0.3 is 0 Å². The number of anilines is 1. The Morgan fingerprint density at radius 3 is 2.85 bits per heavy atom. The van der Waals surface area contributed by atoms with Crippen LogP contribution in [0.2, 0.25) is 0 Å². The number of aliphatic hydroxyl groups is 1. The summed E-state index contributed by atoms with van der Waals surface area (Å²) in [5.74, 6) is 0.950. The molecule has 1 atom stereocenters. The molecule has 0 saturated carbocycles. The average Bonchev–Trinajstić information content (AvgIpc) is 2.15. The van der Waals surface area contributed by atoms with Crippen LogP contribution in [0.3, 0.4) is 0 Å². The van der Waals surface area contributed by atoms with E-state index in [0.29, 0.717) is 12.4 Å². The van der Waals surface area contributed by atoms with Crippen LogP contribution in [0.1, 0.15) is 13.8 Å².